The minimum atomic E-state index is -0.152. The number of rotatable bonds is 2. The second kappa shape index (κ2) is 6.16. The van der Waals surface area contributed by atoms with E-state index in [0.717, 1.165) is 36.1 Å². The molecule has 2 atom stereocenters. The number of hydrogen-bond donors (Lipinski definition) is 1. The van der Waals surface area contributed by atoms with Gasteiger partial charge in [0, 0.05) is 23.5 Å². The zero-order valence-corrected chi connectivity index (χ0v) is 14.5. The lowest BCUT2D eigenvalue weighted by Crippen LogP contribution is -2.53. The first-order chi connectivity index (χ1) is 12.1. The number of fused-ring (bicyclic) bond motifs is 2. The van der Waals surface area contributed by atoms with Crippen molar-refractivity contribution >= 4 is 11.9 Å². The maximum Gasteiger partial charge on any atom is 0.161 e. The predicted molar refractivity (Wildman–Crippen MR) is 99.5 cm³/mol. The first-order valence-electron chi connectivity index (χ1n) is 8.87. The van der Waals surface area contributed by atoms with Crippen LogP contribution in [0.4, 0.5) is 0 Å². The fraction of sp³-hybridized carbons (Fsp3) is 0.318. The monoisotopic (exact) mass is 333 g/mol. The Labute approximate surface area is 148 Å². The molecule has 1 saturated carbocycles. The number of carbonyl (C=O) groups excluding carboxylic acids is 1. The third kappa shape index (κ3) is 2.89. The largest absolute Gasteiger partial charge is 0.508 e. The van der Waals surface area contributed by atoms with Crippen molar-refractivity contribution in [2.75, 3.05) is 13.6 Å². The topological polar surface area (TPSA) is 40.5 Å². The van der Waals surface area contributed by atoms with E-state index < -0.39 is 0 Å². The number of ketones is 1. The van der Waals surface area contributed by atoms with Crippen LogP contribution in [-0.2, 0) is 10.2 Å². The van der Waals surface area contributed by atoms with Gasteiger partial charge < -0.3 is 5.11 Å². The molecule has 1 aliphatic carbocycles. The summed E-state index contributed by atoms with van der Waals surface area (Å²) in [5.41, 5.74) is 2.94. The molecular weight excluding hydrogens is 310 g/mol. The van der Waals surface area contributed by atoms with Crippen molar-refractivity contribution in [1.29, 1.82) is 0 Å². The summed E-state index contributed by atoms with van der Waals surface area (Å²) in [7, 11) is 2.11. The van der Waals surface area contributed by atoms with E-state index in [1.165, 1.54) is 0 Å². The van der Waals surface area contributed by atoms with Crippen molar-refractivity contribution in [3.8, 4) is 5.75 Å². The van der Waals surface area contributed by atoms with Crippen molar-refractivity contribution < 1.29 is 9.90 Å². The van der Waals surface area contributed by atoms with E-state index in [-0.39, 0.29) is 23.0 Å². The summed E-state index contributed by atoms with van der Waals surface area (Å²) in [6.07, 6.45) is 4.46. The lowest BCUT2D eigenvalue weighted by atomic mass is 9.61. The van der Waals surface area contributed by atoms with Crippen molar-refractivity contribution in [3.63, 3.8) is 0 Å². The summed E-state index contributed by atoms with van der Waals surface area (Å²) in [6.45, 7) is 0.958. The molecular formula is C22H23NO2. The number of nitrogens with zero attached hydrogens (tertiary/aromatic N) is 1. The quantitative estimate of drug-likeness (QED) is 0.850. The number of benzene rings is 2. The van der Waals surface area contributed by atoms with Gasteiger partial charge in [0.05, 0.1) is 0 Å². The van der Waals surface area contributed by atoms with Crippen molar-refractivity contribution in [2.24, 2.45) is 0 Å². The normalized spacial score (nSPS) is 28.3. The van der Waals surface area contributed by atoms with Gasteiger partial charge in [0.15, 0.2) is 5.78 Å². The van der Waals surface area contributed by atoms with Gasteiger partial charge in [0.25, 0.3) is 0 Å². The molecule has 3 heteroatoms. The number of hydrogen-bond acceptors (Lipinski definition) is 3. The number of likely N-dealkylation sites (N-methyl/N-ethyl adjacent to an activating group) is 1. The van der Waals surface area contributed by atoms with Gasteiger partial charge in [-0.25, -0.2) is 0 Å². The molecule has 1 heterocycles. The first kappa shape index (κ1) is 16.1. The molecule has 1 saturated heterocycles. The van der Waals surface area contributed by atoms with E-state index in [4.69, 9.17) is 0 Å². The molecule has 2 bridgehead atoms. The number of aromatic hydroxyl groups is 1. The molecule has 0 spiro atoms. The molecule has 2 aromatic carbocycles. The number of phenolic OH excluding ortho intramolecular Hbond substituents is 1. The highest BCUT2D eigenvalue weighted by Gasteiger charge is 2.48. The first-order valence-corrected chi connectivity index (χ1v) is 8.87. The third-order valence-electron chi connectivity index (χ3n) is 5.82. The van der Waals surface area contributed by atoms with Crippen LogP contribution in [0.5, 0.6) is 5.75 Å². The van der Waals surface area contributed by atoms with Gasteiger partial charge in [-0.05, 0) is 55.8 Å². The van der Waals surface area contributed by atoms with Gasteiger partial charge >= 0.3 is 0 Å². The molecule has 2 fully saturated rings. The van der Waals surface area contributed by atoms with E-state index in [1.807, 2.05) is 42.5 Å². The summed E-state index contributed by atoms with van der Waals surface area (Å²) >= 11 is 0. The standard InChI is InChI=1S/C22H23NO2/c1-23-11-10-22(17-8-5-9-18(24)13-17)14-20(23)19(21(25)15-22)12-16-6-3-2-4-7-16/h2-9,12-13,20,24H,10-11,14-15H2,1H3/b19-12+/t20-,22-/m0/s1. The number of likely N-dealkylation sites (tertiary alicyclic amines) is 1. The second-order valence-electron chi connectivity index (χ2n) is 7.39. The molecule has 0 aromatic heterocycles. The van der Waals surface area contributed by atoms with Gasteiger partial charge in [-0.3, -0.25) is 9.69 Å². The molecule has 0 radical (unpaired) electrons. The summed E-state index contributed by atoms with van der Waals surface area (Å²) in [4.78, 5) is 15.4. The van der Waals surface area contributed by atoms with Gasteiger partial charge in [-0.2, -0.15) is 0 Å². The Balaban J connectivity index is 1.74. The van der Waals surface area contributed by atoms with E-state index in [0.29, 0.717) is 6.42 Å². The van der Waals surface area contributed by atoms with Crippen molar-refractivity contribution in [3.05, 3.63) is 71.3 Å². The molecule has 1 N–H and O–H groups in total. The molecule has 2 aliphatic rings. The minimum absolute atomic E-state index is 0.137. The Kier molecular flexibility index (Phi) is 3.97. The Morgan fingerprint density at radius 1 is 1.16 bits per heavy atom. The fourth-order valence-electron chi connectivity index (χ4n) is 4.38. The molecule has 128 valence electrons. The van der Waals surface area contributed by atoms with Crippen LogP contribution in [0.3, 0.4) is 0 Å². The summed E-state index contributed by atoms with van der Waals surface area (Å²) in [5.74, 6) is 0.510. The fourth-order valence-corrected chi connectivity index (χ4v) is 4.38. The Morgan fingerprint density at radius 3 is 2.72 bits per heavy atom. The van der Waals surface area contributed by atoms with Crippen LogP contribution in [0.1, 0.15) is 30.4 Å². The highest BCUT2D eigenvalue weighted by molar-refractivity contribution is 6.02. The summed E-state index contributed by atoms with van der Waals surface area (Å²) in [6, 6.07) is 17.7. The second-order valence-corrected chi connectivity index (χ2v) is 7.39. The van der Waals surface area contributed by atoms with Crippen LogP contribution in [0.2, 0.25) is 0 Å². The van der Waals surface area contributed by atoms with E-state index in [2.05, 4.69) is 24.1 Å². The Bertz CT molecular complexity index is 827. The number of piperidine rings is 1. The van der Waals surface area contributed by atoms with Crippen LogP contribution in [0.15, 0.2) is 60.2 Å². The van der Waals surface area contributed by atoms with Crippen LogP contribution < -0.4 is 0 Å². The summed E-state index contributed by atoms with van der Waals surface area (Å²) in [5, 5.41) is 9.90. The lowest BCUT2D eigenvalue weighted by molar-refractivity contribution is -0.120. The van der Waals surface area contributed by atoms with E-state index in [1.54, 1.807) is 6.07 Å². The van der Waals surface area contributed by atoms with Crippen molar-refractivity contribution in [1.82, 2.24) is 4.90 Å². The molecule has 2 aromatic rings. The van der Waals surface area contributed by atoms with E-state index in [9.17, 15) is 9.90 Å². The van der Waals surface area contributed by atoms with Crippen LogP contribution in [-0.4, -0.2) is 35.4 Å². The maximum absolute atomic E-state index is 13.1. The highest BCUT2D eigenvalue weighted by atomic mass is 16.3. The average Bonchev–Trinajstić information content (AvgIpc) is 2.62. The van der Waals surface area contributed by atoms with Gasteiger partial charge in [-0.1, -0.05) is 42.5 Å². The van der Waals surface area contributed by atoms with Gasteiger partial charge in [-0.15, -0.1) is 0 Å². The number of Topliss-reactive ketones (excluding diaryl/α,β-unsaturated/α-hetero) is 1. The Morgan fingerprint density at radius 2 is 1.96 bits per heavy atom. The zero-order chi connectivity index (χ0) is 17.4. The molecule has 25 heavy (non-hydrogen) atoms. The number of carbonyl (C=O) groups is 1. The third-order valence-corrected chi connectivity index (χ3v) is 5.82. The molecule has 4 rings (SSSR count). The predicted octanol–water partition coefficient (Wildman–Crippen LogP) is 3.78. The SMILES string of the molecule is CN1CC[C@@]2(c3cccc(O)c3)CC(=O)/C(=C/c3ccccc3)[C@@H]1C2. The highest BCUT2D eigenvalue weighted by Crippen LogP contribution is 2.47. The lowest BCUT2D eigenvalue weighted by Gasteiger charge is -2.50. The van der Waals surface area contributed by atoms with Crippen molar-refractivity contribution in [2.45, 2.75) is 30.7 Å². The molecule has 1 aliphatic heterocycles. The number of phenols is 1. The van der Waals surface area contributed by atoms with Gasteiger partial charge in [0.1, 0.15) is 5.75 Å². The van der Waals surface area contributed by atoms with E-state index >= 15 is 0 Å². The van der Waals surface area contributed by atoms with Crippen LogP contribution >= 0.6 is 0 Å². The smallest absolute Gasteiger partial charge is 0.161 e. The van der Waals surface area contributed by atoms with Crippen LogP contribution in [0, 0.1) is 0 Å². The minimum Gasteiger partial charge on any atom is -0.508 e. The molecule has 3 nitrogen and oxygen atoms in total. The summed E-state index contributed by atoms with van der Waals surface area (Å²) < 4.78 is 0. The van der Waals surface area contributed by atoms with Gasteiger partial charge in [0.2, 0.25) is 0 Å². The zero-order valence-electron chi connectivity index (χ0n) is 14.5. The van der Waals surface area contributed by atoms with Crippen LogP contribution in [0.25, 0.3) is 6.08 Å². The Hall–Kier alpha value is -2.39. The maximum atomic E-state index is 13.1. The average molecular weight is 333 g/mol. The molecule has 0 amide bonds. The molecule has 0 unspecified atom stereocenters.